The summed E-state index contributed by atoms with van der Waals surface area (Å²) < 4.78 is 0. The molecule has 88 valence electrons. The van der Waals surface area contributed by atoms with Gasteiger partial charge >= 0.3 is 0 Å². The Morgan fingerprint density at radius 3 is 2.94 bits per heavy atom. The Morgan fingerprint density at radius 2 is 2.25 bits per heavy atom. The average molecular weight is 219 g/mol. The van der Waals surface area contributed by atoms with Gasteiger partial charge in [0.25, 0.3) is 0 Å². The molecule has 3 aliphatic carbocycles. The third kappa shape index (κ3) is 1.59. The molecule has 2 heteroatoms. The molecule has 0 heterocycles. The first kappa shape index (κ1) is 10.4. The molecule has 3 rings (SSSR count). The Hall–Kier alpha value is -0.790. The van der Waals surface area contributed by atoms with Crippen molar-refractivity contribution in [3.8, 4) is 0 Å². The molecule has 3 aliphatic rings. The quantitative estimate of drug-likeness (QED) is 0.675. The first-order chi connectivity index (χ1) is 7.39. The molecule has 1 N–H and O–H groups in total. The topological polar surface area (TPSA) is 29.1 Å². The molecule has 0 aliphatic heterocycles. The number of fused-ring (bicyclic) bond motifs is 4. The van der Waals surface area contributed by atoms with E-state index in [1.165, 1.54) is 19.3 Å². The van der Waals surface area contributed by atoms with Gasteiger partial charge in [-0.15, -0.1) is 0 Å². The second-order valence-corrected chi connectivity index (χ2v) is 6.79. The zero-order valence-electron chi connectivity index (χ0n) is 10.5. The maximum atomic E-state index is 11.3. The Labute approximate surface area is 97.5 Å². The van der Waals surface area contributed by atoms with Crippen LogP contribution in [0.5, 0.6) is 0 Å². The number of allylic oxidation sites excluding steroid dienone is 1. The van der Waals surface area contributed by atoms with Gasteiger partial charge in [0.05, 0.1) is 5.54 Å². The van der Waals surface area contributed by atoms with Crippen molar-refractivity contribution in [2.45, 2.75) is 52.0 Å². The molecule has 2 saturated carbocycles. The molecule has 0 aromatic carbocycles. The molecule has 0 aromatic heterocycles. The molecule has 2 fully saturated rings. The molecule has 0 saturated heterocycles. The second kappa shape index (κ2) is 2.91. The summed E-state index contributed by atoms with van der Waals surface area (Å²) >= 11 is 0. The Balaban J connectivity index is 1.93. The Morgan fingerprint density at radius 1 is 1.50 bits per heavy atom. The molecular weight excluding hydrogens is 198 g/mol. The fraction of sp³-hybridized carbons (Fsp3) is 0.786. The van der Waals surface area contributed by atoms with Crippen molar-refractivity contribution in [1.82, 2.24) is 5.32 Å². The first-order valence-electron chi connectivity index (χ1n) is 6.40. The molecule has 2 nitrogen and oxygen atoms in total. The van der Waals surface area contributed by atoms with Crippen molar-refractivity contribution in [2.75, 3.05) is 0 Å². The number of hydrogen-bond acceptors (Lipinski definition) is 1. The van der Waals surface area contributed by atoms with Crippen LogP contribution in [0, 0.1) is 17.3 Å². The van der Waals surface area contributed by atoms with E-state index in [2.05, 4.69) is 25.2 Å². The Kier molecular flexibility index (Phi) is 1.88. The maximum Gasteiger partial charge on any atom is 0.217 e. The van der Waals surface area contributed by atoms with Crippen LogP contribution in [0.1, 0.15) is 46.5 Å². The monoisotopic (exact) mass is 219 g/mol. The standard InChI is InChI=1S/C14H21NO/c1-9(16)15-14(3)7-11-6-13(2,8-14)5-10-4-12(10)11/h7,10,12H,4-6,8H2,1-3H3,(H,15,16). The zero-order chi connectivity index (χ0) is 11.6. The fourth-order valence-electron chi connectivity index (χ4n) is 4.38. The van der Waals surface area contributed by atoms with Gasteiger partial charge in [0.1, 0.15) is 0 Å². The number of nitrogens with one attached hydrogen (secondary N) is 1. The van der Waals surface area contributed by atoms with Crippen LogP contribution < -0.4 is 5.32 Å². The van der Waals surface area contributed by atoms with Gasteiger partial charge in [-0.1, -0.05) is 18.6 Å². The van der Waals surface area contributed by atoms with Crippen LogP contribution in [0.25, 0.3) is 0 Å². The molecule has 0 radical (unpaired) electrons. The van der Waals surface area contributed by atoms with Gasteiger partial charge in [0.15, 0.2) is 0 Å². The normalized spacial score (nSPS) is 49.1. The molecule has 0 spiro atoms. The van der Waals surface area contributed by atoms with E-state index in [4.69, 9.17) is 0 Å². The SMILES string of the molecule is CC(=O)NC1(C)C=C2CC(C)(CC3CC23)C1. The van der Waals surface area contributed by atoms with Crippen molar-refractivity contribution >= 4 is 5.91 Å². The van der Waals surface area contributed by atoms with Crippen LogP contribution in [-0.2, 0) is 4.79 Å². The minimum absolute atomic E-state index is 0.0928. The predicted octanol–water partition coefficient (Wildman–Crippen LogP) is 2.65. The van der Waals surface area contributed by atoms with Gasteiger partial charge < -0.3 is 5.32 Å². The van der Waals surface area contributed by atoms with Crippen LogP contribution in [0.15, 0.2) is 11.6 Å². The maximum absolute atomic E-state index is 11.3. The lowest BCUT2D eigenvalue weighted by molar-refractivity contribution is -0.120. The highest BCUT2D eigenvalue weighted by Crippen LogP contribution is 2.62. The van der Waals surface area contributed by atoms with Crippen LogP contribution >= 0.6 is 0 Å². The van der Waals surface area contributed by atoms with Gasteiger partial charge in [-0.05, 0) is 49.9 Å². The summed E-state index contributed by atoms with van der Waals surface area (Å²) in [5.74, 6) is 1.92. The molecule has 4 atom stereocenters. The van der Waals surface area contributed by atoms with E-state index in [-0.39, 0.29) is 11.4 Å². The minimum atomic E-state index is -0.0955. The van der Waals surface area contributed by atoms with E-state index in [9.17, 15) is 4.79 Å². The van der Waals surface area contributed by atoms with E-state index in [0.29, 0.717) is 5.41 Å². The summed E-state index contributed by atoms with van der Waals surface area (Å²) in [4.78, 5) is 11.3. The lowest BCUT2D eigenvalue weighted by atomic mass is 9.62. The molecule has 4 unspecified atom stereocenters. The predicted molar refractivity (Wildman–Crippen MR) is 63.9 cm³/mol. The highest BCUT2D eigenvalue weighted by Gasteiger charge is 2.54. The highest BCUT2D eigenvalue weighted by atomic mass is 16.1. The van der Waals surface area contributed by atoms with Crippen LogP contribution in [0.4, 0.5) is 0 Å². The molecule has 16 heavy (non-hydrogen) atoms. The van der Waals surface area contributed by atoms with Gasteiger partial charge in [0, 0.05) is 6.92 Å². The molecule has 2 bridgehead atoms. The molecule has 1 amide bonds. The average Bonchev–Trinajstić information content (AvgIpc) is 2.77. The fourth-order valence-corrected chi connectivity index (χ4v) is 4.38. The highest BCUT2D eigenvalue weighted by molar-refractivity contribution is 5.74. The van der Waals surface area contributed by atoms with Crippen LogP contribution in [0.2, 0.25) is 0 Å². The largest absolute Gasteiger partial charge is 0.348 e. The van der Waals surface area contributed by atoms with E-state index >= 15 is 0 Å². The second-order valence-electron chi connectivity index (χ2n) is 6.79. The van der Waals surface area contributed by atoms with Crippen molar-refractivity contribution in [3.05, 3.63) is 11.6 Å². The van der Waals surface area contributed by atoms with E-state index in [1.807, 2.05) is 0 Å². The number of carbonyl (C=O) groups excluding carboxylic acids is 1. The third-order valence-corrected chi connectivity index (χ3v) is 4.54. The summed E-state index contributed by atoms with van der Waals surface area (Å²) in [5, 5.41) is 3.14. The number of rotatable bonds is 1. The zero-order valence-corrected chi connectivity index (χ0v) is 10.5. The van der Waals surface area contributed by atoms with Gasteiger partial charge in [-0.3, -0.25) is 4.79 Å². The van der Waals surface area contributed by atoms with Crippen molar-refractivity contribution in [1.29, 1.82) is 0 Å². The summed E-state index contributed by atoms with van der Waals surface area (Å²) in [6.07, 6.45) is 7.50. The number of hydrogen-bond donors (Lipinski definition) is 1. The lowest BCUT2D eigenvalue weighted by Crippen LogP contribution is -2.50. The van der Waals surface area contributed by atoms with E-state index < -0.39 is 0 Å². The lowest BCUT2D eigenvalue weighted by Gasteiger charge is -2.46. The van der Waals surface area contributed by atoms with Gasteiger partial charge in [0.2, 0.25) is 5.91 Å². The summed E-state index contributed by atoms with van der Waals surface area (Å²) in [5.41, 5.74) is 1.96. The van der Waals surface area contributed by atoms with Gasteiger partial charge in [-0.25, -0.2) is 0 Å². The number of carbonyl (C=O) groups is 1. The van der Waals surface area contributed by atoms with Crippen molar-refractivity contribution in [3.63, 3.8) is 0 Å². The smallest absolute Gasteiger partial charge is 0.217 e. The van der Waals surface area contributed by atoms with Crippen molar-refractivity contribution in [2.24, 2.45) is 17.3 Å². The third-order valence-electron chi connectivity index (χ3n) is 4.54. The Bertz CT molecular complexity index is 386. The van der Waals surface area contributed by atoms with Gasteiger partial charge in [-0.2, -0.15) is 0 Å². The number of amides is 1. The van der Waals surface area contributed by atoms with E-state index in [1.54, 1.807) is 12.5 Å². The van der Waals surface area contributed by atoms with E-state index in [0.717, 1.165) is 18.3 Å². The molecule has 0 aromatic rings. The molecular formula is C14H21NO. The summed E-state index contributed by atoms with van der Waals surface area (Å²) in [6.45, 7) is 6.19. The van der Waals surface area contributed by atoms with Crippen LogP contribution in [0.3, 0.4) is 0 Å². The van der Waals surface area contributed by atoms with Crippen LogP contribution in [-0.4, -0.2) is 11.4 Å². The summed E-state index contributed by atoms with van der Waals surface area (Å²) in [7, 11) is 0. The van der Waals surface area contributed by atoms with Crippen molar-refractivity contribution < 1.29 is 4.79 Å². The first-order valence-corrected chi connectivity index (χ1v) is 6.40. The minimum Gasteiger partial charge on any atom is -0.348 e. The summed E-state index contributed by atoms with van der Waals surface area (Å²) in [6, 6.07) is 0.